The van der Waals surface area contributed by atoms with Crippen LogP contribution in [0.4, 0.5) is 0 Å². The molecule has 2 heterocycles. The van der Waals surface area contributed by atoms with E-state index in [0.717, 1.165) is 17.0 Å². The van der Waals surface area contributed by atoms with E-state index in [-0.39, 0.29) is 0 Å². The van der Waals surface area contributed by atoms with Crippen LogP contribution in [0.1, 0.15) is 5.76 Å². The van der Waals surface area contributed by atoms with E-state index in [0.29, 0.717) is 4.67 Å². The van der Waals surface area contributed by atoms with Crippen LogP contribution in [-0.4, -0.2) is 5.16 Å². The minimum Gasteiger partial charge on any atom is -0.457 e. The Bertz CT molecular complexity index is 353. The Labute approximate surface area is 77.5 Å². The third-order valence-corrected chi connectivity index (χ3v) is 1.91. The van der Waals surface area contributed by atoms with Crippen LogP contribution >= 0.6 is 15.9 Å². The fourth-order valence-electron chi connectivity index (χ4n) is 0.947. The third kappa shape index (κ3) is 1.30. The summed E-state index contributed by atoms with van der Waals surface area (Å²) in [6.07, 6.45) is 1.63. The molecule has 2 aromatic heterocycles. The summed E-state index contributed by atoms with van der Waals surface area (Å²) in [4.78, 5) is 0. The van der Waals surface area contributed by atoms with Crippen molar-refractivity contribution in [1.29, 1.82) is 0 Å². The molecule has 0 aliphatic rings. The SMILES string of the molecule is Cc1cc(-c2coc(Br)c2)no1. The lowest BCUT2D eigenvalue weighted by atomic mass is 10.2. The first kappa shape index (κ1) is 7.61. The summed E-state index contributed by atoms with van der Waals surface area (Å²) in [5.41, 5.74) is 1.71. The maximum absolute atomic E-state index is 5.06. The molecule has 0 saturated heterocycles. The molecular formula is C8H6BrNO2. The quantitative estimate of drug-likeness (QED) is 0.752. The molecule has 0 aliphatic heterocycles. The van der Waals surface area contributed by atoms with Gasteiger partial charge >= 0.3 is 0 Å². The van der Waals surface area contributed by atoms with Crippen molar-refractivity contribution >= 4 is 15.9 Å². The molecule has 0 amide bonds. The first-order valence-electron chi connectivity index (χ1n) is 3.43. The van der Waals surface area contributed by atoms with E-state index < -0.39 is 0 Å². The van der Waals surface area contributed by atoms with Crippen LogP contribution in [0, 0.1) is 6.92 Å². The average molecular weight is 228 g/mol. The van der Waals surface area contributed by atoms with Crippen molar-refractivity contribution in [3.63, 3.8) is 0 Å². The van der Waals surface area contributed by atoms with E-state index in [4.69, 9.17) is 8.94 Å². The van der Waals surface area contributed by atoms with E-state index in [1.165, 1.54) is 0 Å². The zero-order valence-corrected chi connectivity index (χ0v) is 7.96. The molecule has 0 spiro atoms. The minimum atomic E-state index is 0.693. The summed E-state index contributed by atoms with van der Waals surface area (Å²) in [7, 11) is 0. The Balaban J connectivity index is 2.43. The Kier molecular flexibility index (Phi) is 1.77. The number of nitrogens with zero attached hydrogens (tertiary/aromatic N) is 1. The fraction of sp³-hybridized carbons (Fsp3) is 0.125. The second-order valence-corrected chi connectivity index (χ2v) is 3.24. The van der Waals surface area contributed by atoms with E-state index in [9.17, 15) is 0 Å². The summed E-state index contributed by atoms with van der Waals surface area (Å²) < 4.78 is 10.7. The summed E-state index contributed by atoms with van der Waals surface area (Å²) >= 11 is 3.21. The third-order valence-electron chi connectivity index (χ3n) is 1.49. The monoisotopic (exact) mass is 227 g/mol. The van der Waals surface area contributed by atoms with Crippen LogP contribution in [0.3, 0.4) is 0 Å². The number of aromatic nitrogens is 1. The van der Waals surface area contributed by atoms with E-state index in [1.807, 2.05) is 19.1 Å². The molecule has 4 heteroatoms. The Morgan fingerprint density at radius 1 is 1.42 bits per heavy atom. The van der Waals surface area contributed by atoms with Crippen molar-refractivity contribution in [1.82, 2.24) is 5.16 Å². The predicted octanol–water partition coefficient (Wildman–Crippen LogP) is 3.01. The summed E-state index contributed by atoms with van der Waals surface area (Å²) in [5, 5.41) is 3.84. The molecule has 0 bridgehead atoms. The minimum absolute atomic E-state index is 0.693. The molecule has 0 fully saturated rings. The topological polar surface area (TPSA) is 39.2 Å². The molecule has 0 aromatic carbocycles. The molecule has 0 saturated carbocycles. The van der Waals surface area contributed by atoms with Crippen LogP contribution in [-0.2, 0) is 0 Å². The predicted molar refractivity (Wildman–Crippen MR) is 46.6 cm³/mol. The average Bonchev–Trinajstić information content (AvgIpc) is 2.58. The van der Waals surface area contributed by atoms with Crippen LogP contribution in [0.15, 0.2) is 32.0 Å². The molecule has 0 unspecified atom stereocenters. The van der Waals surface area contributed by atoms with Crippen molar-refractivity contribution in [2.24, 2.45) is 0 Å². The van der Waals surface area contributed by atoms with Gasteiger partial charge in [0, 0.05) is 17.7 Å². The molecule has 2 aromatic rings. The first-order valence-corrected chi connectivity index (χ1v) is 4.23. The number of halogens is 1. The highest BCUT2D eigenvalue weighted by atomic mass is 79.9. The van der Waals surface area contributed by atoms with Crippen molar-refractivity contribution in [2.75, 3.05) is 0 Å². The van der Waals surface area contributed by atoms with Gasteiger partial charge in [-0.15, -0.1) is 0 Å². The number of aryl methyl sites for hydroxylation is 1. The number of rotatable bonds is 1. The first-order chi connectivity index (χ1) is 5.75. The van der Waals surface area contributed by atoms with Gasteiger partial charge < -0.3 is 8.94 Å². The lowest BCUT2D eigenvalue weighted by molar-refractivity contribution is 0.399. The molecule has 0 atom stereocenters. The fourth-order valence-corrected chi connectivity index (χ4v) is 1.29. The lowest BCUT2D eigenvalue weighted by Crippen LogP contribution is -1.68. The molecule has 0 aliphatic carbocycles. The summed E-state index contributed by atoms with van der Waals surface area (Å²) in [6.45, 7) is 1.85. The van der Waals surface area contributed by atoms with Gasteiger partial charge in [0.2, 0.25) is 0 Å². The van der Waals surface area contributed by atoms with Crippen molar-refractivity contribution in [3.05, 3.63) is 28.8 Å². The summed E-state index contributed by atoms with van der Waals surface area (Å²) in [5.74, 6) is 0.794. The van der Waals surface area contributed by atoms with Crippen LogP contribution in [0.2, 0.25) is 0 Å². The van der Waals surface area contributed by atoms with Crippen LogP contribution in [0.5, 0.6) is 0 Å². The van der Waals surface area contributed by atoms with Gasteiger partial charge in [-0.05, 0) is 22.9 Å². The standard InChI is InChI=1S/C8H6BrNO2/c1-5-2-7(10-12-5)6-3-8(9)11-4-6/h2-4H,1H3. The lowest BCUT2D eigenvalue weighted by Gasteiger charge is -1.80. The van der Waals surface area contributed by atoms with E-state index in [2.05, 4.69) is 21.1 Å². The highest BCUT2D eigenvalue weighted by molar-refractivity contribution is 9.10. The summed E-state index contributed by atoms with van der Waals surface area (Å²) in [6, 6.07) is 3.70. The Morgan fingerprint density at radius 3 is 2.75 bits per heavy atom. The van der Waals surface area contributed by atoms with Gasteiger partial charge in [0.05, 0.1) is 0 Å². The van der Waals surface area contributed by atoms with Gasteiger partial charge in [0.25, 0.3) is 0 Å². The molecule has 3 nitrogen and oxygen atoms in total. The van der Waals surface area contributed by atoms with Crippen molar-refractivity contribution in [3.8, 4) is 11.3 Å². The smallest absolute Gasteiger partial charge is 0.169 e. The van der Waals surface area contributed by atoms with Crippen LogP contribution < -0.4 is 0 Å². The van der Waals surface area contributed by atoms with Gasteiger partial charge in [-0.2, -0.15) is 0 Å². The molecule has 12 heavy (non-hydrogen) atoms. The number of hydrogen-bond acceptors (Lipinski definition) is 3. The zero-order valence-electron chi connectivity index (χ0n) is 6.37. The van der Waals surface area contributed by atoms with E-state index >= 15 is 0 Å². The normalized spacial score (nSPS) is 10.5. The highest BCUT2D eigenvalue weighted by Gasteiger charge is 2.06. The molecule has 2 rings (SSSR count). The Morgan fingerprint density at radius 2 is 2.25 bits per heavy atom. The largest absolute Gasteiger partial charge is 0.457 e. The van der Waals surface area contributed by atoms with Gasteiger partial charge in [-0.1, -0.05) is 5.16 Å². The van der Waals surface area contributed by atoms with Gasteiger partial charge in [0.15, 0.2) is 4.67 Å². The van der Waals surface area contributed by atoms with Gasteiger partial charge in [0.1, 0.15) is 17.7 Å². The highest BCUT2D eigenvalue weighted by Crippen LogP contribution is 2.24. The second-order valence-electron chi connectivity index (χ2n) is 2.46. The molecule has 62 valence electrons. The maximum atomic E-state index is 5.06. The molecule has 0 radical (unpaired) electrons. The Hall–Kier alpha value is -1.03. The van der Waals surface area contributed by atoms with Crippen molar-refractivity contribution in [2.45, 2.75) is 6.92 Å². The van der Waals surface area contributed by atoms with Crippen LogP contribution in [0.25, 0.3) is 11.3 Å². The number of furan rings is 1. The van der Waals surface area contributed by atoms with E-state index in [1.54, 1.807) is 6.26 Å². The second kappa shape index (κ2) is 2.79. The molecule has 0 N–H and O–H groups in total. The van der Waals surface area contributed by atoms with Gasteiger partial charge in [-0.25, -0.2) is 0 Å². The zero-order chi connectivity index (χ0) is 8.55. The molecular weight excluding hydrogens is 222 g/mol. The van der Waals surface area contributed by atoms with Crippen molar-refractivity contribution < 1.29 is 8.94 Å². The van der Waals surface area contributed by atoms with Gasteiger partial charge in [-0.3, -0.25) is 0 Å². The maximum Gasteiger partial charge on any atom is 0.169 e. The number of hydrogen-bond donors (Lipinski definition) is 0.